The van der Waals surface area contributed by atoms with Crippen molar-refractivity contribution in [2.75, 3.05) is 6.54 Å². The molecule has 4 rings (SSSR count). The SMILES string of the molecule is CCN1C(n2cnc3c(C)c(C)ccc32)c2ccccc2OC1(C)C. The highest BCUT2D eigenvalue weighted by atomic mass is 16.5. The smallest absolute Gasteiger partial charge is 0.159 e. The summed E-state index contributed by atoms with van der Waals surface area (Å²) in [6.45, 7) is 11.6. The molecule has 0 saturated heterocycles. The van der Waals surface area contributed by atoms with E-state index >= 15 is 0 Å². The van der Waals surface area contributed by atoms with E-state index in [0.29, 0.717) is 0 Å². The topological polar surface area (TPSA) is 30.3 Å². The monoisotopic (exact) mass is 335 g/mol. The predicted molar refractivity (Wildman–Crippen MR) is 101 cm³/mol. The lowest BCUT2D eigenvalue weighted by Gasteiger charge is -2.48. The third-order valence-corrected chi connectivity index (χ3v) is 5.42. The third kappa shape index (κ3) is 2.35. The summed E-state index contributed by atoms with van der Waals surface area (Å²) in [7, 11) is 0. The van der Waals surface area contributed by atoms with Crippen LogP contribution in [0.25, 0.3) is 11.0 Å². The van der Waals surface area contributed by atoms with E-state index in [1.165, 1.54) is 22.2 Å². The van der Waals surface area contributed by atoms with E-state index in [-0.39, 0.29) is 11.9 Å². The van der Waals surface area contributed by atoms with Gasteiger partial charge < -0.3 is 9.30 Å². The van der Waals surface area contributed by atoms with E-state index in [2.05, 4.69) is 74.4 Å². The molecule has 0 fully saturated rings. The Morgan fingerprint density at radius 3 is 2.64 bits per heavy atom. The van der Waals surface area contributed by atoms with Crippen LogP contribution in [0, 0.1) is 13.8 Å². The van der Waals surface area contributed by atoms with Crippen molar-refractivity contribution in [2.24, 2.45) is 0 Å². The summed E-state index contributed by atoms with van der Waals surface area (Å²) < 4.78 is 8.58. The summed E-state index contributed by atoms with van der Waals surface area (Å²) in [4.78, 5) is 7.12. The highest BCUT2D eigenvalue weighted by molar-refractivity contribution is 5.80. The molecular weight excluding hydrogens is 310 g/mol. The van der Waals surface area contributed by atoms with Crippen molar-refractivity contribution in [1.82, 2.24) is 14.5 Å². The van der Waals surface area contributed by atoms with Gasteiger partial charge in [0.1, 0.15) is 11.9 Å². The number of hydrogen-bond acceptors (Lipinski definition) is 3. The van der Waals surface area contributed by atoms with Crippen LogP contribution in [-0.4, -0.2) is 26.7 Å². The van der Waals surface area contributed by atoms with Gasteiger partial charge in [0.05, 0.1) is 17.4 Å². The Balaban J connectivity index is 1.98. The zero-order valence-corrected chi connectivity index (χ0v) is 15.6. The number of hydrogen-bond donors (Lipinski definition) is 0. The van der Waals surface area contributed by atoms with E-state index in [0.717, 1.165) is 17.8 Å². The fourth-order valence-corrected chi connectivity index (χ4v) is 3.97. The Labute approximate surface area is 149 Å². The maximum atomic E-state index is 6.30. The predicted octanol–water partition coefficient (Wildman–Crippen LogP) is 4.65. The molecule has 4 nitrogen and oxygen atoms in total. The first-order valence-electron chi connectivity index (χ1n) is 8.91. The number of rotatable bonds is 2. The number of imidazole rings is 1. The highest BCUT2D eigenvalue weighted by Crippen LogP contribution is 2.42. The molecule has 1 aliphatic rings. The maximum absolute atomic E-state index is 6.30. The van der Waals surface area contributed by atoms with Crippen LogP contribution in [0.1, 0.15) is 43.6 Å². The van der Waals surface area contributed by atoms with Gasteiger partial charge in [-0.2, -0.15) is 0 Å². The second-order valence-corrected chi connectivity index (χ2v) is 7.27. The van der Waals surface area contributed by atoms with Crippen LogP contribution in [-0.2, 0) is 0 Å². The van der Waals surface area contributed by atoms with Gasteiger partial charge in [-0.1, -0.05) is 31.2 Å². The van der Waals surface area contributed by atoms with Crippen LogP contribution in [0.4, 0.5) is 0 Å². The average molecular weight is 335 g/mol. The second-order valence-electron chi connectivity index (χ2n) is 7.27. The molecule has 1 aromatic heterocycles. The van der Waals surface area contributed by atoms with Gasteiger partial charge in [-0.25, -0.2) is 9.88 Å². The quantitative estimate of drug-likeness (QED) is 0.683. The Bertz CT molecular complexity index is 941. The molecule has 2 heterocycles. The second kappa shape index (κ2) is 5.60. The summed E-state index contributed by atoms with van der Waals surface area (Å²) in [5.74, 6) is 0.952. The van der Waals surface area contributed by atoms with Gasteiger partial charge >= 0.3 is 0 Å². The number of benzene rings is 2. The summed E-state index contributed by atoms with van der Waals surface area (Å²) in [6.07, 6.45) is 2.04. The summed E-state index contributed by atoms with van der Waals surface area (Å²) in [5.41, 5.74) is 5.57. The van der Waals surface area contributed by atoms with Crippen LogP contribution in [0.2, 0.25) is 0 Å². The molecule has 25 heavy (non-hydrogen) atoms. The number of aromatic nitrogens is 2. The molecule has 2 aromatic carbocycles. The zero-order valence-electron chi connectivity index (χ0n) is 15.6. The first-order valence-corrected chi connectivity index (χ1v) is 8.91. The van der Waals surface area contributed by atoms with E-state index in [1.54, 1.807) is 0 Å². The lowest BCUT2D eigenvalue weighted by molar-refractivity contribution is -0.103. The van der Waals surface area contributed by atoms with Gasteiger partial charge in [0.2, 0.25) is 0 Å². The van der Waals surface area contributed by atoms with E-state index in [1.807, 2.05) is 12.4 Å². The molecule has 0 N–H and O–H groups in total. The molecule has 0 aliphatic carbocycles. The molecule has 1 unspecified atom stereocenters. The summed E-state index contributed by atoms with van der Waals surface area (Å²) in [5, 5.41) is 0. The molecule has 1 atom stereocenters. The number of nitrogens with zero attached hydrogens (tertiary/aromatic N) is 3. The molecule has 0 amide bonds. The number of fused-ring (bicyclic) bond motifs is 2. The van der Waals surface area contributed by atoms with Crippen molar-refractivity contribution in [1.29, 1.82) is 0 Å². The van der Waals surface area contributed by atoms with Crippen LogP contribution in [0.15, 0.2) is 42.7 Å². The third-order valence-electron chi connectivity index (χ3n) is 5.42. The van der Waals surface area contributed by atoms with Crippen molar-refractivity contribution in [3.05, 3.63) is 59.4 Å². The minimum atomic E-state index is -0.385. The average Bonchev–Trinajstić information content (AvgIpc) is 3.00. The van der Waals surface area contributed by atoms with Crippen molar-refractivity contribution in [3.63, 3.8) is 0 Å². The van der Waals surface area contributed by atoms with Crippen LogP contribution in [0.5, 0.6) is 5.75 Å². The van der Waals surface area contributed by atoms with Gasteiger partial charge in [-0.3, -0.25) is 0 Å². The Morgan fingerprint density at radius 2 is 1.88 bits per heavy atom. The normalized spacial score (nSPS) is 19.6. The number of ether oxygens (including phenoxy) is 1. The highest BCUT2D eigenvalue weighted by Gasteiger charge is 2.41. The first-order chi connectivity index (χ1) is 11.9. The molecule has 1 aliphatic heterocycles. The number of aryl methyl sites for hydroxylation is 2. The molecule has 0 spiro atoms. The molecule has 4 heteroatoms. The van der Waals surface area contributed by atoms with Crippen molar-refractivity contribution >= 4 is 11.0 Å². The zero-order chi connectivity index (χ0) is 17.8. The lowest BCUT2D eigenvalue weighted by atomic mass is 10.0. The minimum Gasteiger partial charge on any atom is -0.473 e. The van der Waals surface area contributed by atoms with Crippen LogP contribution < -0.4 is 4.74 Å². The first kappa shape index (κ1) is 16.2. The Hall–Kier alpha value is -2.33. The van der Waals surface area contributed by atoms with Gasteiger partial charge in [-0.15, -0.1) is 0 Å². The summed E-state index contributed by atoms with van der Waals surface area (Å²) >= 11 is 0. The van der Waals surface area contributed by atoms with E-state index in [9.17, 15) is 0 Å². The van der Waals surface area contributed by atoms with E-state index < -0.39 is 0 Å². The van der Waals surface area contributed by atoms with E-state index in [4.69, 9.17) is 9.72 Å². The molecule has 0 bridgehead atoms. The summed E-state index contributed by atoms with van der Waals surface area (Å²) in [6, 6.07) is 12.7. The molecule has 130 valence electrons. The largest absolute Gasteiger partial charge is 0.473 e. The van der Waals surface area contributed by atoms with Gasteiger partial charge in [0, 0.05) is 12.1 Å². The fraction of sp³-hybridized carbons (Fsp3) is 0.381. The standard InChI is InChI=1S/C21H25N3O/c1-6-24-20(16-9-7-8-10-18(16)25-21(24,4)5)23-13-22-19-15(3)14(2)11-12-17(19)23/h7-13,20H,6H2,1-5H3. The Morgan fingerprint density at radius 1 is 1.12 bits per heavy atom. The van der Waals surface area contributed by atoms with Crippen LogP contribution >= 0.6 is 0 Å². The minimum absolute atomic E-state index is 0.0667. The molecule has 0 saturated carbocycles. The molecule has 0 radical (unpaired) electrons. The van der Waals surface area contributed by atoms with Crippen molar-refractivity contribution < 1.29 is 4.74 Å². The van der Waals surface area contributed by atoms with Crippen molar-refractivity contribution in [3.8, 4) is 5.75 Å². The van der Waals surface area contributed by atoms with Crippen LogP contribution in [0.3, 0.4) is 0 Å². The molecule has 3 aromatic rings. The van der Waals surface area contributed by atoms with Gasteiger partial charge in [0.25, 0.3) is 0 Å². The Kier molecular flexibility index (Phi) is 3.62. The fourth-order valence-electron chi connectivity index (χ4n) is 3.97. The maximum Gasteiger partial charge on any atom is 0.159 e. The van der Waals surface area contributed by atoms with Gasteiger partial charge in [-0.05, 0) is 51.0 Å². The van der Waals surface area contributed by atoms with Crippen molar-refractivity contribution in [2.45, 2.75) is 46.5 Å². The number of para-hydroxylation sites is 1. The molecular formula is C21H25N3O. The van der Waals surface area contributed by atoms with Gasteiger partial charge in [0.15, 0.2) is 5.72 Å². The lowest BCUT2D eigenvalue weighted by Crippen LogP contribution is -2.54.